The fourth-order valence-corrected chi connectivity index (χ4v) is 2.22. The summed E-state index contributed by atoms with van der Waals surface area (Å²) in [5.41, 5.74) is 2.17. The Morgan fingerprint density at radius 1 is 1.35 bits per heavy atom. The highest BCUT2D eigenvalue weighted by Crippen LogP contribution is 2.26. The Morgan fingerprint density at radius 2 is 2.00 bits per heavy atom. The number of nitrogen functional groups attached to an aromatic ring is 1. The van der Waals surface area contributed by atoms with E-state index in [0.717, 1.165) is 12.8 Å². The number of aliphatic hydroxyl groups is 1. The molecule has 0 unspecified atom stereocenters. The molecule has 0 spiro atoms. The van der Waals surface area contributed by atoms with Crippen molar-refractivity contribution in [2.24, 2.45) is 5.84 Å². The average Bonchev–Trinajstić information content (AvgIpc) is 2.47. The molecule has 0 aliphatic carbocycles. The minimum atomic E-state index is -0.382. The topological polar surface area (TPSA) is 105 Å². The molecular formula is C13H23N5O2. The third kappa shape index (κ3) is 3.36. The number of aromatic nitrogens is 2. The minimum Gasteiger partial charge on any atom is -0.394 e. The first-order chi connectivity index (χ1) is 9.58. The molecule has 1 aromatic heterocycles. The molecule has 1 aliphatic rings. The molecule has 0 atom stereocenters. The number of aliphatic hydroxyl groups excluding tert-OH is 1. The second kappa shape index (κ2) is 6.34. The molecule has 7 nitrogen and oxygen atoms in total. The van der Waals surface area contributed by atoms with Gasteiger partial charge in [0, 0.05) is 25.2 Å². The maximum atomic E-state index is 9.71. The first-order valence-electron chi connectivity index (χ1n) is 6.91. The maximum absolute atomic E-state index is 9.71. The summed E-state index contributed by atoms with van der Waals surface area (Å²) < 4.78 is 5.35. The van der Waals surface area contributed by atoms with Crippen LogP contribution in [0.15, 0.2) is 6.07 Å². The molecule has 0 saturated carbocycles. The zero-order valence-corrected chi connectivity index (χ0v) is 12.0. The lowest BCUT2D eigenvalue weighted by molar-refractivity contribution is 0.0378. The molecule has 0 radical (unpaired) electrons. The van der Waals surface area contributed by atoms with E-state index in [1.807, 2.05) is 13.8 Å². The minimum absolute atomic E-state index is 0.0444. The van der Waals surface area contributed by atoms with Crippen LogP contribution in [0.5, 0.6) is 0 Å². The van der Waals surface area contributed by atoms with E-state index in [0.29, 0.717) is 30.7 Å². The maximum Gasteiger partial charge on any atom is 0.145 e. The molecule has 2 rings (SSSR count). The van der Waals surface area contributed by atoms with Crippen LogP contribution in [0.25, 0.3) is 0 Å². The van der Waals surface area contributed by atoms with Crippen molar-refractivity contribution in [3.63, 3.8) is 0 Å². The normalized spacial score (nSPS) is 18.1. The monoisotopic (exact) mass is 281 g/mol. The van der Waals surface area contributed by atoms with Crippen LogP contribution in [-0.2, 0) is 4.74 Å². The predicted molar refractivity (Wildman–Crippen MR) is 77.4 cm³/mol. The smallest absolute Gasteiger partial charge is 0.145 e. The van der Waals surface area contributed by atoms with E-state index in [2.05, 4.69) is 20.7 Å². The van der Waals surface area contributed by atoms with Crippen LogP contribution in [0, 0.1) is 0 Å². The van der Waals surface area contributed by atoms with Gasteiger partial charge in [0.25, 0.3) is 0 Å². The predicted octanol–water partition coefficient (Wildman–Crippen LogP) is 0.839. The zero-order chi connectivity index (χ0) is 14.6. The summed E-state index contributed by atoms with van der Waals surface area (Å²) in [5, 5.41) is 13.0. The molecule has 0 aromatic carbocycles. The highest BCUT2D eigenvalue weighted by molar-refractivity contribution is 5.48. The summed E-state index contributed by atoms with van der Waals surface area (Å²) in [6.45, 7) is 5.36. The number of nitrogens with one attached hydrogen (secondary N) is 2. The van der Waals surface area contributed by atoms with Gasteiger partial charge >= 0.3 is 0 Å². The van der Waals surface area contributed by atoms with Crippen molar-refractivity contribution in [1.29, 1.82) is 0 Å². The molecule has 0 amide bonds. The second-order valence-electron chi connectivity index (χ2n) is 5.47. The Kier molecular flexibility index (Phi) is 4.74. The van der Waals surface area contributed by atoms with E-state index >= 15 is 0 Å². The third-order valence-electron chi connectivity index (χ3n) is 3.55. The second-order valence-corrected chi connectivity index (χ2v) is 5.47. The lowest BCUT2D eigenvalue weighted by Gasteiger charge is -2.36. The summed E-state index contributed by atoms with van der Waals surface area (Å²) in [6.07, 6.45) is 1.49. The first kappa shape index (κ1) is 15.0. The average molecular weight is 281 g/mol. The van der Waals surface area contributed by atoms with Gasteiger partial charge in [0.2, 0.25) is 0 Å². The van der Waals surface area contributed by atoms with Gasteiger partial charge in [0.15, 0.2) is 0 Å². The third-order valence-corrected chi connectivity index (χ3v) is 3.55. The molecule has 0 bridgehead atoms. The number of rotatable bonds is 5. The van der Waals surface area contributed by atoms with Crippen LogP contribution in [0.3, 0.4) is 0 Å². The van der Waals surface area contributed by atoms with Crippen molar-refractivity contribution >= 4 is 11.6 Å². The Morgan fingerprint density at radius 3 is 2.55 bits per heavy atom. The first-order valence-corrected chi connectivity index (χ1v) is 6.91. The summed E-state index contributed by atoms with van der Waals surface area (Å²) >= 11 is 0. The van der Waals surface area contributed by atoms with Crippen molar-refractivity contribution in [1.82, 2.24) is 9.97 Å². The highest BCUT2D eigenvalue weighted by atomic mass is 16.5. The molecule has 112 valence electrons. The summed E-state index contributed by atoms with van der Waals surface area (Å²) in [5.74, 6) is 7.59. The Balaban J connectivity index is 2.24. The fourth-order valence-electron chi connectivity index (χ4n) is 2.22. The van der Waals surface area contributed by atoms with Crippen molar-refractivity contribution in [2.45, 2.75) is 38.1 Å². The summed E-state index contributed by atoms with van der Waals surface area (Å²) in [7, 11) is 0. The largest absolute Gasteiger partial charge is 0.394 e. The van der Waals surface area contributed by atoms with Crippen LogP contribution >= 0.6 is 0 Å². The standard InChI is InChI=1S/C13H23N5O2/c1-9(2)12-15-10(7-11(16-12)18-14)17-13(8-19)3-5-20-6-4-13/h7,9,19H,3-6,8,14H2,1-2H3,(H2,15,16,17,18). The van der Waals surface area contributed by atoms with E-state index in [1.165, 1.54) is 0 Å². The van der Waals surface area contributed by atoms with E-state index in [9.17, 15) is 5.11 Å². The molecular weight excluding hydrogens is 258 g/mol. The van der Waals surface area contributed by atoms with Gasteiger partial charge in [0.05, 0.1) is 12.1 Å². The van der Waals surface area contributed by atoms with E-state index in [4.69, 9.17) is 10.6 Å². The molecule has 1 fully saturated rings. The Labute approximate surface area is 118 Å². The van der Waals surface area contributed by atoms with Gasteiger partial charge in [-0.2, -0.15) is 0 Å². The summed E-state index contributed by atoms with van der Waals surface area (Å²) in [6, 6.07) is 1.75. The lowest BCUT2D eigenvalue weighted by atomic mass is 9.91. The van der Waals surface area contributed by atoms with Crippen molar-refractivity contribution < 1.29 is 9.84 Å². The van der Waals surface area contributed by atoms with E-state index in [1.54, 1.807) is 6.07 Å². The van der Waals surface area contributed by atoms with Crippen LogP contribution in [0.1, 0.15) is 38.4 Å². The number of nitrogens with two attached hydrogens (primary N) is 1. The van der Waals surface area contributed by atoms with Gasteiger partial charge < -0.3 is 20.6 Å². The molecule has 5 N–H and O–H groups in total. The van der Waals surface area contributed by atoms with E-state index < -0.39 is 0 Å². The quantitative estimate of drug-likeness (QED) is 0.468. The molecule has 1 aromatic rings. The highest BCUT2D eigenvalue weighted by Gasteiger charge is 2.32. The Bertz CT molecular complexity index is 446. The number of nitrogens with zero attached hydrogens (tertiary/aromatic N) is 2. The number of hydrogen-bond acceptors (Lipinski definition) is 7. The molecule has 1 aliphatic heterocycles. The number of ether oxygens (including phenoxy) is 1. The fraction of sp³-hybridized carbons (Fsp3) is 0.692. The molecule has 1 saturated heterocycles. The van der Waals surface area contributed by atoms with Gasteiger partial charge in [-0.05, 0) is 12.8 Å². The van der Waals surface area contributed by atoms with Gasteiger partial charge in [0.1, 0.15) is 17.5 Å². The summed E-state index contributed by atoms with van der Waals surface area (Å²) in [4.78, 5) is 8.82. The van der Waals surface area contributed by atoms with Crippen molar-refractivity contribution in [3.8, 4) is 0 Å². The number of anilines is 2. The van der Waals surface area contributed by atoms with Crippen LogP contribution in [-0.4, -0.2) is 40.4 Å². The van der Waals surface area contributed by atoms with Gasteiger partial charge in [-0.3, -0.25) is 0 Å². The number of hydrogen-bond donors (Lipinski definition) is 4. The lowest BCUT2D eigenvalue weighted by Crippen LogP contribution is -2.47. The van der Waals surface area contributed by atoms with Crippen molar-refractivity contribution in [2.75, 3.05) is 30.6 Å². The van der Waals surface area contributed by atoms with Crippen LogP contribution < -0.4 is 16.6 Å². The molecule has 20 heavy (non-hydrogen) atoms. The van der Waals surface area contributed by atoms with E-state index in [-0.39, 0.29) is 18.1 Å². The van der Waals surface area contributed by atoms with Crippen LogP contribution in [0.4, 0.5) is 11.6 Å². The van der Waals surface area contributed by atoms with Gasteiger partial charge in [-0.25, -0.2) is 15.8 Å². The van der Waals surface area contributed by atoms with Gasteiger partial charge in [-0.15, -0.1) is 0 Å². The van der Waals surface area contributed by atoms with Gasteiger partial charge in [-0.1, -0.05) is 13.8 Å². The number of hydrazine groups is 1. The zero-order valence-electron chi connectivity index (χ0n) is 12.0. The molecule has 2 heterocycles. The van der Waals surface area contributed by atoms with Crippen molar-refractivity contribution in [3.05, 3.63) is 11.9 Å². The molecule has 7 heteroatoms. The SMILES string of the molecule is CC(C)c1nc(NN)cc(NC2(CO)CCOCC2)n1. The Hall–Kier alpha value is -1.44. The van der Waals surface area contributed by atoms with Crippen LogP contribution in [0.2, 0.25) is 0 Å².